The molecule has 1 saturated carbocycles. The number of hydrogen-bond donors (Lipinski definition) is 0. The normalized spacial score (nSPS) is 32.2. The summed E-state index contributed by atoms with van der Waals surface area (Å²) in [4.78, 5) is 0. The predicted molar refractivity (Wildman–Crippen MR) is 90.7 cm³/mol. The summed E-state index contributed by atoms with van der Waals surface area (Å²) in [6.07, 6.45) is 11.8. The van der Waals surface area contributed by atoms with E-state index >= 15 is 0 Å². The molecule has 1 heterocycles. The van der Waals surface area contributed by atoms with E-state index < -0.39 is 8.32 Å². The fourth-order valence-electron chi connectivity index (χ4n) is 4.98. The average molecular weight is 297 g/mol. The van der Waals surface area contributed by atoms with Crippen molar-refractivity contribution < 1.29 is 4.43 Å². The van der Waals surface area contributed by atoms with Crippen LogP contribution in [0.25, 0.3) is 0 Å². The van der Waals surface area contributed by atoms with Crippen LogP contribution < -0.4 is 0 Å². The summed E-state index contributed by atoms with van der Waals surface area (Å²) < 4.78 is 6.95. The molecule has 0 unspecified atom stereocenters. The molecule has 0 aromatic rings. The lowest BCUT2D eigenvalue weighted by Gasteiger charge is -2.58. The van der Waals surface area contributed by atoms with Crippen molar-refractivity contribution in [1.82, 2.24) is 0 Å². The van der Waals surface area contributed by atoms with Crippen LogP contribution in [0.3, 0.4) is 0 Å². The molecule has 1 nitrogen and oxygen atoms in total. The summed E-state index contributed by atoms with van der Waals surface area (Å²) in [6.45, 7) is 12.1. The van der Waals surface area contributed by atoms with Gasteiger partial charge in [-0.25, -0.2) is 0 Å². The topological polar surface area (TPSA) is 9.23 Å². The molecular formula is C18H36OSi. The highest BCUT2D eigenvalue weighted by Gasteiger charge is 2.58. The summed E-state index contributed by atoms with van der Waals surface area (Å²) >= 11 is 0. The Hall–Kier alpha value is 0.177. The number of fused-ring (bicyclic) bond motifs is 1. The van der Waals surface area contributed by atoms with Crippen molar-refractivity contribution in [3.8, 4) is 0 Å². The number of rotatable bonds is 7. The second-order valence-corrected chi connectivity index (χ2v) is 12.9. The minimum atomic E-state index is -1.55. The fraction of sp³-hybridized carbons (Fsp3) is 1.00. The van der Waals surface area contributed by atoms with Crippen molar-refractivity contribution in [1.29, 1.82) is 0 Å². The van der Waals surface area contributed by atoms with Gasteiger partial charge in [-0.15, -0.1) is 0 Å². The summed E-state index contributed by atoms with van der Waals surface area (Å²) in [6, 6.07) is 0. The van der Waals surface area contributed by atoms with E-state index in [0.717, 1.165) is 22.5 Å². The van der Waals surface area contributed by atoms with Gasteiger partial charge in [0.05, 0.1) is 0 Å². The maximum atomic E-state index is 6.95. The highest BCUT2D eigenvalue weighted by atomic mass is 28.4. The molecule has 0 aromatic heterocycles. The highest BCUT2D eigenvalue weighted by molar-refractivity contribution is 6.78. The molecule has 2 fully saturated rings. The Morgan fingerprint density at radius 3 is 2.20 bits per heavy atom. The number of hydrogen-bond acceptors (Lipinski definition) is 1. The fourth-order valence-corrected chi connectivity index (χ4v) is 11.2. The number of unbranched alkanes of at least 4 members (excludes halogenated alkanes) is 3. The predicted octanol–water partition coefficient (Wildman–Crippen LogP) is 6.29. The van der Waals surface area contributed by atoms with E-state index in [-0.39, 0.29) is 0 Å². The second-order valence-electron chi connectivity index (χ2n) is 7.93. The molecular weight excluding hydrogens is 260 g/mol. The summed E-state index contributed by atoms with van der Waals surface area (Å²) in [5, 5.41) is 0. The van der Waals surface area contributed by atoms with E-state index in [1.807, 2.05) is 0 Å². The van der Waals surface area contributed by atoms with Gasteiger partial charge in [0.25, 0.3) is 0 Å². The van der Waals surface area contributed by atoms with Crippen LogP contribution in [-0.4, -0.2) is 14.4 Å². The quantitative estimate of drug-likeness (QED) is 0.396. The Morgan fingerprint density at radius 1 is 1.00 bits per heavy atom. The monoisotopic (exact) mass is 296 g/mol. The molecule has 3 atom stereocenters. The second kappa shape index (κ2) is 6.96. The standard InChI is InChI=1S/C18H36OSi/c1-6-7-8-9-10-17-13-16-11-12-18(16)20(19-17,14(2)3)15(4)5/h14-18H,6-13H2,1-5H3/t16-,17+,18-/m1/s1. The van der Waals surface area contributed by atoms with Crippen LogP contribution in [0.5, 0.6) is 0 Å². The Morgan fingerprint density at radius 2 is 1.70 bits per heavy atom. The van der Waals surface area contributed by atoms with Gasteiger partial charge < -0.3 is 4.43 Å². The summed E-state index contributed by atoms with van der Waals surface area (Å²) in [5.74, 6) is 1.02. The zero-order chi connectivity index (χ0) is 14.8. The van der Waals surface area contributed by atoms with Crippen molar-refractivity contribution in [3.05, 3.63) is 0 Å². The summed E-state index contributed by atoms with van der Waals surface area (Å²) in [7, 11) is -1.55. The maximum absolute atomic E-state index is 6.95. The van der Waals surface area contributed by atoms with Gasteiger partial charge >= 0.3 is 0 Å². The van der Waals surface area contributed by atoms with Crippen LogP contribution in [-0.2, 0) is 4.43 Å². The first-order valence-corrected chi connectivity index (χ1v) is 11.3. The van der Waals surface area contributed by atoms with Crippen LogP contribution >= 0.6 is 0 Å². The largest absolute Gasteiger partial charge is 0.413 e. The van der Waals surface area contributed by atoms with Crippen LogP contribution in [0.1, 0.15) is 86.0 Å². The van der Waals surface area contributed by atoms with Crippen LogP contribution in [0, 0.1) is 5.92 Å². The lowest BCUT2D eigenvalue weighted by Crippen LogP contribution is -2.60. The molecule has 0 amide bonds. The van der Waals surface area contributed by atoms with Crippen molar-refractivity contribution in [2.45, 2.75) is 109 Å². The van der Waals surface area contributed by atoms with Gasteiger partial charge in [0.1, 0.15) is 0 Å². The molecule has 2 rings (SSSR count). The SMILES string of the molecule is CCCCCC[C@H]1C[C@H]2CC[C@H]2[Si](C(C)C)(C(C)C)O1. The van der Waals surface area contributed by atoms with Gasteiger partial charge in [-0.3, -0.25) is 0 Å². The van der Waals surface area contributed by atoms with Gasteiger partial charge in [-0.05, 0) is 35.4 Å². The zero-order valence-electron chi connectivity index (χ0n) is 14.5. The van der Waals surface area contributed by atoms with Crippen molar-refractivity contribution >= 4 is 8.32 Å². The third kappa shape index (κ3) is 3.01. The Labute approximate surface area is 128 Å². The molecule has 0 aromatic carbocycles. The molecule has 2 heteroatoms. The van der Waals surface area contributed by atoms with E-state index in [0.29, 0.717) is 6.10 Å². The molecule has 0 bridgehead atoms. The first-order chi connectivity index (χ1) is 9.52. The van der Waals surface area contributed by atoms with Gasteiger partial charge in [-0.2, -0.15) is 0 Å². The minimum Gasteiger partial charge on any atom is -0.413 e. The average Bonchev–Trinajstić information content (AvgIpc) is 2.36. The molecule has 20 heavy (non-hydrogen) atoms. The van der Waals surface area contributed by atoms with Crippen LogP contribution in [0.15, 0.2) is 0 Å². The third-order valence-electron chi connectivity index (χ3n) is 6.12. The van der Waals surface area contributed by atoms with Crippen LogP contribution in [0.2, 0.25) is 16.6 Å². The first-order valence-electron chi connectivity index (χ1n) is 9.20. The smallest absolute Gasteiger partial charge is 0.201 e. The molecule has 0 N–H and O–H groups in total. The third-order valence-corrected chi connectivity index (χ3v) is 12.4. The first kappa shape index (κ1) is 16.5. The van der Waals surface area contributed by atoms with Gasteiger partial charge in [-0.1, -0.05) is 73.1 Å². The van der Waals surface area contributed by atoms with Crippen molar-refractivity contribution in [2.75, 3.05) is 0 Å². The minimum absolute atomic E-state index is 0.602. The Bertz CT molecular complexity index is 292. The van der Waals surface area contributed by atoms with Gasteiger partial charge in [0, 0.05) is 6.10 Å². The molecule has 1 saturated heterocycles. The molecule has 1 aliphatic carbocycles. The molecule has 0 spiro atoms. The van der Waals surface area contributed by atoms with E-state index in [4.69, 9.17) is 4.43 Å². The van der Waals surface area contributed by atoms with E-state index in [2.05, 4.69) is 34.6 Å². The van der Waals surface area contributed by atoms with Gasteiger partial charge in [0.15, 0.2) is 0 Å². The molecule has 2 aliphatic rings. The van der Waals surface area contributed by atoms with Gasteiger partial charge in [0.2, 0.25) is 8.32 Å². The van der Waals surface area contributed by atoms with Crippen molar-refractivity contribution in [3.63, 3.8) is 0 Å². The summed E-state index contributed by atoms with van der Waals surface area (Å²) in [5.41, 5.74) is 2.55. The molecule has 1 aliphatic heterocycles. The highest BCUT2D eigenvalue weighted by Crippen LogP contribution is 2.60. The van der Waals surface area contributed by atoms with Crippen molar-refractivity contribution in [2.24, 2.45) is 5.92 Å². The van der Waals surface area contributed by atoms with E-state index in [1.54, 1.807) is 0 Å². The molecule has 118 valence electrons. The lowest BCUT2D eigenvalue weighted by molar-refractivity contribution is 0.0574. The Balaban J connectivity index is 2.00. The Kier molecular flexibility index (Phi) is 5.76. The zero-order valence-corrected chi connectivity index (χ0v) is 15.5. The molecule has 0 radical (unpaired) electrons. The van der Waals surface area contributed by atoms with E-state index in [9.17, 15) is 0 Å². The van der Waals surface area contributed by atoms with E-state index in [1.165, 1.54) is 51.4 Å². The van der Waals surface area contributed by atoms with Crippen LogP contribution in [0.4, 0.5) is 0 Å². The maximum Gasteiger partial charge on any atom is 0.201 e. The lowest BCUT2D eigenvalue weighted by atomic mass is 9.79.